The molecular weight excluding hydrogens is 222 g/mol. The zero-order valence-corrected chi connectivity index (χ0v) is 8.08. The largest absolute Gasteiger partial charge is 0.508 e. The molecule has 1 aromatic heterocycles. The number of hydrogen-bond acceptors (Lipinski definition) is 3. The molecule has 0 atom stereocenters. The summed E-state index contributed by atoms with van der Waals surface area (Å²) in [5.41, 5.74) is -1.03. The fourth-order valence-electron chi connectivity index (χ4n) is 1.21. The number of H-pyrrole nitrogens is 2. The van der Waals surface area contributed by atoms with E-state index >= 15 is 0 Å². The first kappa shape index (κ1) is 9.60. The highest BCUT2D eigenvalue weighted by molar-refractivity contribution is 6.32. The average Bonchev–Trinajstić information content (AvgIpc) is 2.48. The van der Waals surface area contributed by atoms with Crippen LogP contribution in [-0.2, 0) is 0 Å². The molecule has 1 heterocycles. The molecule has 3 N–H and O–H groups in total. The summed E-state index contributed by atoms with van der Waals surface area (Å²) in [6.07, 6.45) is 0. The molecule has 1 aromatic carbocycles. The van der Waals surface area contributed by atoms with Gasteiger partial charge < -0.3 is 5.11 Å². The summed E-state index contributed by atoms with van der Waals surface area (Å²) in [6, 6.07) is 3.96. The number of aromatic hydroxyl groups is 1. The fraction of sp³-hybridized carbons (Fsp3) is 0. The molecule has 0 saturated heterocycles. The number of hydrogen-bond donors (Lipinski definition) is 3. The van der Waals surface area contributed by atoms with Crippen LogP contribution in [0.15, 0.2) is 27.8 Å². The van der Waals surface area contributed by atoms with E-state index < -0.39 is 11.4 Å². The molecule has 0 bridgehead atoms. The van der Waals surface area contributed by atoms with E-state index in [0.29, 0.717) is 0 Å². The van der Waals surface area contributed by atoms with Crippen LogP contribution in [0.4, 0.5) is 0 Å². The lowest BCUT2D eigenvalue weighted by atomic mass is 10.3. The first-order chi connectivity index (χ1) is 7.09. The molecule has 0 unspecified atom stereocenters. The number of phenolic OH excluding ortho intramolecular Hbond substituents is 1. The number of rotatable bonds is 1. The lowest BCUT2D eigenvalue weighted by Gasteiger charge is -2.02. The van der Waals surface area contributed by atoms with Crippen molar-refractivity contribution in [3.05, 3.63) is 44.2 Å². The Morgan fingerprint density at radius 1 is 1.20 bits per heavy atom. The summed E-state index contributed by atoms with van der Waals surface area (Å²) in [6.45, 7) is 0. The van der Waals surface area contributed by atoms with Crippen LogP contribution in [0.25, 0.3) is 5.69 Å². The number of benzene rings is 1. The average molecular weight is 228 g/mol. The molecule has 0 saturated carbocycles. The Morgan fingerprint density at radius 2 is 1.80 bits per heavy atom. The quantitative estimate of drug-likeness (QED) is 0.651. The Hall–Kier alpha value is -1.95. The van der Waals surface area contributed by atoms with Crippen LogP contribution in [-0.4, -0.2) is 19.9 Å². The van der Waals surface area contributed by atoms with Crippen molar-refractivity contribution in [2.75, 3.05) is 0 Å². The molecule has 0 spiro atoms. The van der Waals surface area contributed by atoms with E-state index in [1.165, 1.54) is 18.2 Å². The highest BCUT2D eigenvalue weighted by atomic mass is 35.5. The van der Waals surface area contributed by atoms with Crippen LogP contribution in [0.5, 0.6) is 5.75 Å². The first-order valence-corrected chi connectivity index (χ1v) is 4.36. The van der Waals surface area contributed by atoms with Crippen LogP contribution in [0.3, 0.4) is 0 Å². The molecule has 2 aromatic rings. The van der Waals surface area contributed by atoms with Crippen molar-refractivity contribution in [3.8, 4) is 11.4 Å². The van der Waals surface area contributed by atoms with Gasteiger partial charge in [0.05, 0.1) is 10.7 Å². The van der Waals surface area contributed by atoms with Crippen LogP contribution < -0.4 is 11.4 Å². The maximum Gasteiger partial charge on any atom is 0.349 e. The normalized spacial score (nSPS) is 10.5. The maximum absolute atomic E-state index is 11.2. The standard InChI is InChI=1S/C8H6ClN3O3/c9-5-3-4(13)1-2-6(5)12-7(14)10-11-8(12)15/h1-3,13H,(H,10,14)(H,11,15). The number of aromatic amines is 2. The lowest BCUT2D eigenvalue weighted by molar-refractivity contribution is 0.475. The minimum Gasteiger partial charge on any atom is -0.508 e. The predicted molar refractivity (Wildman–Crippen MR) is 53.7 cm³/mol. The van der Waals surface area contributed by atoms with Crippen LogP contribution in [0.1, 0.15) is 0 Å². The van der Waals surface area contributed by atoms with Gasteiger partial charge in [0.15, 0.2) is 0 Å². The van der Waals surface area contributed by atoms with E-state index in [-0.39, 0.29) is 16.5 Å². The molecule has 6 nitrogen and oxygen atoms in total. The van der Waals surface area contributed by atoms with Gasteiger partial charge in [-0.05, 0) is 12.1 Å². The van der Waals surface area contributed by atoms with E-state index in [1.807, 2.05) is 0 Å². The van der Waals surface area contributed by atoms with Crippen molar-refractivity contribution < 1.29 is 5.11 Å². The molecular formula is C8H6ClN3O3. The van der Waals surface area contributed by atoms with Crippen molar-refractivity contribution in [2.24, 2.45) is 0 Å². The van der Waals surface area contributed by atoms with E-state index in [2.05, 4.69) is 10.2 Å². The van der Waals surface area contributed by atoms with E-state index in [0.717, 1.165) is 4.57 Å². The Morgan fingerprint density at radius 3 is 2.33 bits per heavy atom. The van der Waals surface area contributed by atoms with Gasteiger partial charge in [0.1, 0.15) is 5.75 Å². The SMILES string of the molecule is O=c1[nH][nH]c(=O)n1-c1ccc(O)cc1Cl. The summed E-state index contributed by atoms with van der Waals surface area (Å²) in [5, 5.41) is 13.5. The van der Waals surface area contributed by atoms with E-state index in [4.69, 9.17) is 16.7 Å². The van der Waals surface area contributed by atoms with Crippen molar-refractivity contribution in [2.45, 2.75) is 0 Å². The van der Waals surface area contributed by atoms with Gasteiger partial charge in [-0.2, -0.15) is 0 Å². The number of halogens is 1. The molecule has 78 valence electrons. The third-order valence-corrected chi connectivity index (χ3v) is 2.16. The lowest BCUT2D eigenvalue weighted by Crippen LogP contribution is -2.24. The van der Waals surface area contributed by atoms with Gasteiger partial charge in [-0.15, -0.1) is 0 Å². The first-order valence-electron chi connectivity index (χ1n) is 3.98. The van der Waals surface area contributed by atoms with Crippen LogP contribution in [0.2, 0.25) is 5.02 Å². The Kier molecular flexibility index (Phi) is 2.12. The molecule has 0 fully saturated rings. The van der Waals surface area contributed by atoms with Gasteiger partial charge in [0.25, 0.3) is 0 Å². The second kappa shape index (κ2) is 3.32. The highest BCUT2D eigenvalue weighted by Gasteiger charge is 2.09. The van der Waals surface area contributed by atoms with Gasteiger partial charge >= 0.3 is 11.4 Å². The Labute approximate surface area is 87.7 Å². The van der Waals surface area contributed by atoms with Gasteiger partial charge in [-0.1, -0.05) is 11.6 Å². The zero-order valence-electron chi connectivity index (χ0n) is 7.32. The summed E-state index contributed by atoms with van der Waals surface area (Å²) in [5.74, 6) is -0.0382. The monoisotopic (exact) mass is 227 g/mol. The van der Waals surface area contributed by atoms with Crippen molar-refractivity contribution in [1.82, 2.24) is 14.8 Å². The van der Waals surface area contributed by atoms with Gasteiger partial charge in [-0.25, -0.2) is 24.4 Å². The summed E-state index contributed by atoms with van der Waals surface area (Å²) in [4.78, 5) is 22.5. The topological polar surface area (TPSA) is 90.9 Å². The highest BCUT2D eigenvalue weighted by Crippen LogP contribution is 2.22. The minimum absolute atomic E-state index is 0.0382. The molecule has 2 rings (SSSR count). The van der Waals surface area contributed by atoms with E-state index in [1.54, 1.807) is 0 Å². The summed E-state index contributed by atoms with van der Waals surface area (Å²) in [7, 11) is 0. The number of aromatic nitrogens is 3. The van der Waals surface area contributed by atoms with Crippen molar-refractivity contribution in [3.63, 3.8) is 0 Å². The Balaban J connectivity index is 2.75. The molecule has 7 heteroatoms. The number of phenols is 1. The second-order valence-electron chi connectivity index (χ2n) is 2.83. The summed E-state index contributed by atoms with van der Waals surface area (Å²) < 4.78 is 0.835. The third-order valence-electron chi connectivity index (χ3n) is 1.85. The van der Waals surface area contributed by atoms with Crippen molar-refractivity contribution in [1.29, 1.82) is 0 Å². The molecule has 0 aliphatic heterocycles. The Bertz CT molecular complexity index is 583. The van der Waals surface area contributed by atoms with Gasteiger partial charge in [0.2, 0.25) is 0 Å². The summed E-state index contributed by atoms with van der Waals surface area (Å²) >= 11 is 5.78. The number of nitrogens with zero attached hydrogens (tertiary/aromatic N) is 1. The minimum atomic E-state index is -0.618. The third kappa shape index (κ3) is 1.55. The van der Waals surface area contributed by atoms with Gasteiger partial charge in [-0.3, -0.25) is 0 Å². The van der Waals surface area contributed by atoms with Crippen molar-refractivity contribution >= 4 is 11.6 Å². The molecule has 0 amide bonds. The molecule has 0 radical (unpaired) electrons. The molecule has 0 aliphatic carbocycles. The van der Waals surface area contributed by atoms with Crippen LogP contribution >= 0.6 is 11.6 Å². The van der Waals surface area contributed by atoms with Gasteiger partial charge in [0, 0.05) is 6.07 Å². The van der Waals surface area contributed by atoms with Crippen LogP contribution in [0, 0.1) is 0 Å². The fourth-order valence-corrected chi connectivity index (χ4v) is 1.47. The molecule has 15 heavy (non-hydrogen) atoms. The maximum atomic E-state index is 11.2. The smallest absolute Gasteiger partial charge is 0.349 e. The predicted octanol–water partition coefficient (Wildman–Crippen LogP) is 0.213. The molecule has 0 aliphatic rings. The van der Waals surface area contributed by atoms with E-state index in [9.17, 15) is 9.59 Å². The zero-order chi connectivity index (χ0) is 11.0. The second-order valence-corrected chi connectivity index (χ2v) is 3.24. The number of nitrogens with one attached hydrogen (secondary N) is 2.